The summed E-state index contributed by atoms with van der Waals surface area (Å²) in [6.07, 6.45) is 2.01. The van der Waals surface area contributed by atoms with Crippen molar-refractivity contribution in [2.45, 2.75) is 25.5 Å². The van der Waals surface area contributed by atoms with E-state index in [9.17, 15) is 13.6 Å². The normalized spacial score (nSPS) is 16.9. The van der Waals surface area contributed by atoms with E-state index in [2.05, 4.69) is 21.2 Å². The number of aromatic nitrogens is 1. The lowest BCUT2D eigenvalue weighted by molar-refractivity contribution is 0.0851. The fraction of sp³-hybridized carbons (Fsp3) is 0.316. The zero-order valence-electron chi connectivity index (χ0n) is 14.3. The molecule has 0 saturated carbocycles. The molecular formula is C19H17BrF2N2O2S. The van der Waals surface area contributed by atoms with Crippen LogP contribution in [0, 0.1) is 11.6 Å². The van der Waals surface area contributed by atoms with Gasteiger partial charge in [-0.15, -0.1) is 11.3 Å². The first-order valence-corrected chi connectivity index (χ1v) is 10.2. The number of thiophene rings is 1. The number of ether oxygens (including phenoxy) is 1. The van der Waals surface area contributed by atoms with Crippen molar-refractivity contribution in [3.63, 3.8) is 0 Å². The number of nitrogens with one attached hydrogen (secondary N) is 1. The Bertz CT molecular complexity index is 995. The highest BCUT2D eigenvalue weighted by Crippen LogP contribution is 2.33. The van der Waals surface area contributed by atoms with Crippen LogP contribution in [-0.4, -0.2) is 29.7 Å². The van der Waals surface area contributed by atoms with Gasteiger partial charge < -0.3 is 14.6 Å². The average Bonchev–Trinajstić information content (AvgIpc) is 3.34. The fourth-order valence-electron chi connectivity index (χ4n) is 3.29. The molecule has 142 valence electrons. The Hall–Kier alpha value is -1.77. The van der Waals surface area contributed by atoms with Crippen molar-refractivity contribution < 1.29 is 18.3 Å². The lowest BCUT2D eigenvalue weighted by Crippen LogP contribution is -2.33. The van der Waals surface area contributed by atoms with Crippen LogP contribution in [0.15, 0.2) is 34.1 Å². The molecule has 27 heavy (non-hydrogen) atoms. The second-order valence-corrected chi connectivity index (χ2v) is 8.97. The molecule has 1 aliphatic rings. The SMILES string of the molecule is O=C(NC[C@H]1CCCO1)c1cc2sc(Br)cc2n1Cc1ccc(F)c(F)c1. The van der Waals surface area contributed by atoms with Gasteiger partial charge >= 0.3 is 0 Å². The average molecular weight is 455 g/mol. The molecule has 1 aliphatic heterocycles. The Balaban J connectivity index is 1.63. The molecule has 1 fully saturated rings. The molecule has 0 radical (unpaired) electrons. The Kier molecular flexibility index (Phi) is 5.29. The molecule has 1 aromatic carbocycles. The monoisotopic (exact) mass is 454 g/mol. The number of rotatable bonds is 5. The van der Waals surface area contributed by atoms with E-state index in [-0.39, 0.29) is 18.6 Å². The van der Waals surface area contributed by atoms with Crippen LogP contribution in [0.3, 0.4) is 0 Å². The molecule has 8 heteroatoms. The van der Waals surface area contributed by atoms with E-state index in [1.54, 1.807) is 0 Å². The maximum Gasteiger partial charge on any atom is 0.268 e. The molecule has 1 atom stereocenters. The van der Waals surface area contributed by atoms with Gasteiger partial charge in [0.05, 0.1) is 20.1 Å². The Morgan fingerprint density at radius 3 is 2.89 bits per heavy atom. The van der Waals surface area contributed by atoms with Gasteiger partial charge in [0.25, 0.3) is 5.91 Å². The van der Waals surface area contributed by atoms with E-state index in [0.717, 1.165) is 45.6 Å². The predicted octanol–water partition coefficient (Wildman–Crippen LogP) is 4.70. The number of benzene rings is 1. The van der Waals surface area contributed by atoms with Gasteiger partial charge in [0.2, 0.25) is 0 Å². The molecule has 0 aliphatic carbocycles. The van der Waals surface area contributed by atoms with Crippen LogP contribution in [0.2, 0.25) is 0 Å². The molecule has 4 nitrogen and oxygen atoms in total. The summed E-state index contributed by atoms with van der Waals surface area (Å²) in [7, 11) is 0. The number of hydrogen-bond donors (Lipinski definition) is 1. The highest BCUT2D eigenvalue weighted by molar-refractivity contribution is 9.11. The van der Waals surface area contributed by atoms with E-state index in [0.29, 0.717) is 17.8 Å². The van der Waals surface area contributed by atoms with Crippen LogP contribution < -0.4 is 5.32 Å². The topological polar surface area (TPSA) is 43.3 Å². The molecule has 4 rings (SSSR count). The Labute approximate surface area is 167 Å². The summed E-state index contributed by atoms with van der Waals surface area (Å²) in [5, 5.41) is 2.93. The van der Waals surface area contributed by atoms with Crippen LogP contribution in [0.1, 0.15) is 28.9 Å². The number of nitrogens with zero attached hydrogens (tertiary/aromatic N) is 1. The van der Waals surface area contributed by atoms with Crippen LogP contribution >= 0.6 is 27.3 Å². The van der Waals surface area contributed by atoms with Gasteiger partial charge in [-0.2, -0.15) is 0 Å². The Morgan fingerprint density at radius 1 is 1.30 bits per heavy atom. The van der Waals surface area contributed by atoms with Gasteiger partial charge in [-0.1, -0.05) is 6.07 Å². The van der Waals surface area contributed by atoms with Crippen molar-refractivity contribution in [3.05, 3.63) is 57.0 Å². The zero-order chi connectivity index (χ0) is 19.0. The summed E-state index contributed by atoms with van der Waals surface area (Å²) in [6, 6.07) is 7.55. The van der Waals surface area contributed by atoms with Crippen molar-refractivity contribution in [1.29, 1.82) is 0 Å². The molecule has 1 saturated heterocycles. The number of hydrogen-bond acceptors (Lipinski definition) is 3. The zero-order valence-corrected chi connectivity index (χ0v) is 16.7. The minimum Gasteiger partial charge on any atom is -0.376 e. The van der Waals surface area contributed by atoms with Crippen LogP contribution in [-0.2, 0) is 11.3 Å². The van der Waals surface area contributed by atoms with Crippen LogP contribution in [0.4, 0.5) is 8.78 Å². The third-order valence-electron chi connectivity index (χ3n) is 4.63. The number of amides is 1. The summed E-state index contributed by atoms with van der Waals surface area (Å²) in [5.74, 6) is -1.98. The third-order valence-corrected chi connectivity index (χ3v) is 6.21. The molecule has 2 aromatic heterocycles. The maximum absolute atomic E-state index is 13.6. The first-order chi connectivity index (χ1) is 13.0. The number of carbonyl (C=O) groups excluding carboxylic acids is 1. The standard InChI is InChI=1S/C19H17BrF2N2O2S/c20-18-8-15-17(27-18)7-16(19(25)23-9-12-2-1-5-26-12)24(15)10-11-3-4-13(21)14(22)6-11/h3-4,6-8,12H,1-2,5,9-10H2,(H,23,25)/t12-/m1/s1. The van der Waals surface area contributed by atoms with Crippen molar-refractivity contribution >= 4 is 43.4 Å². The number of fused-ring (bicyclic) bond motifs is 1. The van der Waals surface area contributed by atoms with E-state index >= 15 is 0 Å². The summed E-state index contributed by atoms with van der Waals surface area (Å²) in [6.45, 7) is 1.47. The first kappa shape index (κ1) is 18.6. The van der Waals surface area contributed by atoms with E-state index in [1.165, 1.54) is 17.4 Å². The molecular weight excluding hydrogens is 438 g/mol. The summed E-state index contributed by atoms with van der Waals surface area (Å²) in [5.41, 5.74) is 1.95. The quantitative estimate of drug-likeness (QED) is 0.606. The second kappa shape index (κ2) is 7.69. The van der Waals surface area contributed by atoms with Gasteiger partial charge in [0, 0.05) is 19.7 Å². The number of halogens is 3. The third kappa shape index (κ3) is 3.93. The molecule has 0 spiro atoms. The van der Waals surface area contributed by atoms with E-state index < -0.39 is 11.6 Å². The maximum atomic E-state index is 13.6. The molecule has 3 aromatic rings. The van der Waals surface area contributed by atoms with E-state index in [4.69, 9.17) is 4.74 Å². The van der Waals surface area contributed by atoms with Crippen LogP contribution in [0.25, 0.3) is 10.2 Å². The summed E-state index contributed by atoms with van der Waals surface area (Å²) < 4.78 is 36.1. The van der Waals surface area contributed by atoms with Gasteiger partial charge in [0.1, 0.15) is 5.69 Å². The molecule has 1 N–H and O–H groups in total. The minimum absolute atomic E-state index is 0.0545. The second-order valence-electron chi connectivity index (χ2n) is 6.51. The van der Waals surface area contributed by atoms with Gasteiger partial charge in [-0.25, -0.2) is 8.78 Å². The molecule has 3 heterocycles. The fourth-order valence-corrected chi connectivity index (χ4v) is 4.86. The lowest BCUT2D eigenvalue weighted by atomic mass is 10.2. The highest BCUT2D eigenvalue weighted by Gasteiger charge is 2.21. The molecule has 0 unspecified atom stereocenters. The van der Waals surface area contributed by atoms with Gasteiger partial charge in [-0.3, -0.25) is 4.79 Å². The largest absolute Gasteiger partial charge is 0.376 e. The minimum atomic E-state index is -0.896. The van der Waals surface area contributed by atoms with E-state index in [1.807, 2.05) is 16.7 Å². The van der Waals surface area contributed by atoms with Crippen molar-refractivity contribution in [3.8, 4) is 0 Å². The van der Waals surface area contributed by atoms with Crippen molar-refractivity contribution in [1.82, 2.24) is 9.88 Å². The highest BCUT2D eigenvalue weighted by atomic mass is 79.9. The molecule has 0 bridgehead atoms. The predicted molar refractivity (Wildman–Crippen MR) is 104 cm³/mol. The lowest BCUT2D eigenvalue weighted by Gasteiger charge is -2.13. The van der Waals surface area contributed by atoms with Crippen molar-refractivity contribution in [2.24, 2.45) is 0 Å². The smallest absolute Gasteiger partial charge is 0.268 e. The molecule has 1 amide bonds. The van der Waals surface area contributed by atoms with Gasteiger partial charge in [0.15, 0.2) is 11.6 Å². The first-order valence-electron chi connectivity index (χ1n) is 8.63. The van der Waals surface area contributed by atoms with Crippen LogP contribution in [0.5, 0.6) is 0 Å². The van der Waals surface area contributed by atoms with Crippen molar-refractivity contribution in [2.75, 3.05) is 13.2 Å². The summed E-state index contributed by atoms with van der Waals surface area (Å²) in [4.78, 5) is 12.8. The Morgan fingerprint density at radius 2 is 2.15 bits per heavy atom. The number of carbonyl (C=O) groups is 1. The van der Waals surface area contributed by atoms with Gasteiger partial charge in [-0.05, 0) is 58.6 Å². The summed E-state index contributed by atoms with van der Waals surface area (Å²) >= 11 is 4.98.